The van der Waals surface area contributed by atoms with E-state index in [1.165, 1.54) is 0 Å². The molecular formula is C32H35N3O4S. The Morgan fingerprint density at radius 3 is 2.33 bits per heavy atom. The van der Waals surface area contributed by atoms with Gasteiger partial charge in [0.25, 0.3) is 5.91 Å². The number of hydrogen-bond acceptors (Lipinski definition) is 4. The average molecular weight is 558 g/mol. The Morgan fingerprint density at radius 1 is 0.800 bits per heavy atom. The highest BCUT2D eigenvalue weighted by atomic mass is 32.2. The van der Waals surface area contributed by atoms with Crippen LogP contribution in [0, 0.1) is 0 Å². The predicted octanol–water partition coefficient (Wildman–Crippen LogP) is 6.24. The third-order valence-corrected chi connectivity index (χ3v) is 8.72. The summed E-state index contributed by atoms with van der Waals surface area (Å²) in [6.07, 6.45) is 2.19. The van der Waals surface area contributed by atoms with Crippen molar-refractivity contribution in [2.75, 3.05) is 19.7 Å². The van der Waals surface area contributed by atoms with Crippen LogP contribution in [0.1, 0.15) is 43.5 Å². The van der Waals surface area contributed by atoms with E-state index < -0.39 is 10.0 Å². The van der Waals surface area contributed by atoms with Gasteiger partial charge < -0.3 is 14.6 Å². The number of carbonyl (C=O) groups is 1. The second kappa shape index (κ2) is 12.1. The second-order valence-electron chi connectivity index (χ2n) is 9.75. The number of nitrogens with one attached hydrogen (secondary N) is 2. The smallest absolute Gasteiger partial charge is 0.255 e. The molecule has 5 aromatic rings. The first-order valence-corrected chi connectivity index (χ1v) is 15.4. The molecule has 0 aliphatic rings. The zero-order chi connectivity index (χ0) is 28.1. The van der Waals surface area contributed by atoms with Gasteiger partial charge in [0.2, 0.25) is 10.0 Å². The minimum atomic E-state index is -3.61. The van der Waals surface area contributed by atoms with Gasteiger partial charge in [-0.05, 0) is 50.3 Å². The van der Waals surface area contributed by atoms with E-state index in [1.807, 2.05) is 61.5 Å². The van der Waals surface area contributed by atoms with Gasteiger partial charge in [-0.1, -0.05) is 61.0 Å². The van der Waals surface area contributed by atoms with Crippen LogP contribution >= 0.6 is 0 Å². The summed E-state index contributed by atoms with van der Waals surface area (Å²) in [4.78, 5) is 13.5. The maximum Gasteiger partial charge on any atom is 0.255 e. The van der Waals surface area contributed by atoms with Crippen LogP contribution in [0.3, 0.4) is 0 Å². The number of fused-ring (bicyclic) bond motifs is 4. The van der Waals surface area contributed by atoms with Gasteiger partial charge in [0, 0.05) is 47.4 Å². The molecule has 7 nitrogen and oxygen atoms in total. The van der Waals surface area contributed by atoms with Crippen LogP contribution in [0.4, 0.5) is 0 Å². The maximum absolute atomic E-state index is 13.2. The zero-order valence-electron chi connectivity index (χ0n) is 22.9. The summed E-state index contributed by atoms with van der Waals surface area (Å²) in [6.45, 7) is 6.14. The fraction of sp³-hybridized carbons (Fsp3) is 0.281. The molecule has 0 saturated heterocycles. The number of unbranched alkanes of at least 4 members (excludes halogenated alkanes) is 2. The van der Waals surface area contributed by atoms with Crippen LogP contribution in [-0.2, 0) is 16.6 Å². The molecule has 0 aliphatic carbocycles. The first kappa shape index (κ1) is 27.7. The number of amides is 1. The summed E-state index contributed by atoms with van der Waals surface area (Å²) in [7, 11) is -3.61. The van der Waals surface area contributed by atoms with Crippen molar-refractivity contribution in [2.24, 2.45) is 0 Å². The van der Waals surface area contributed by atoms with Crippen LogP contribution in [0.15, 0.2) is 83.8 Å². The minimum absolute atomic E-state index is 0.171. The fourth-order valence-electron chi connectivity index (χ4n) is 5.31. The van der Waals surface area contributed by atoms with Crippen LogP contribution in [-0.4, -0.2) is 38.6 Å². The minimum Gasteiger partial charge on any atom is -0.493 e. The van der Waals surface area contributed by atoms with Gasteiger partial charge >= 0.3 is 0 Å². The Morgan fingerprint density at radius 2 is 1.52 bits per heavy atom. The molecule has 0 bridgehead atoms. The molecule has 0 saturated carbocycles. The molecule has 208 valence electrons. The zero-order valence-corrected chi connectivity index (χ0v) is 23.8. The first-order valence-electron chi connectivity index (χ1n) is 13.9. The third kappa shape index (κ3) is 5.55. The van der Waals surface area contributed by atoms with Gasteiger partial charge in [0.1, 0.15) is 5.75 Å². The Bertz CT molecular complexity index is 1770. The number of sulfonamides is 1. The molecule has 40 heavy (non-hydrogen) atoms. The SMILES string of the molecule is CCOc1cc2c(cc1C(=O)NCCCCCNS(=O)(=O)c1cccc3ccccc13)c1ccccc1n2CC. The second-order valence-corrected chi connectivity index (χ2v) is 11.5. The normalized spacial score (nSPS) is 11.8. The Balaban J connectivity index is 1.18. The summed E-state index contributed by atoms with van der Waals surface area (Å²) in [6, 6.07) is 24.9. The molecule has 1 heterocycles. The van der Waals surface area contributed by atoms with Crippen molar-refractivity contribution in [2.45, 2.75) is 44.6 Å². The summed E-state index contributed by atoms with van der Waals surface area (Å²) in [5, 5.41) is 6.77. The molecule has 8 heteroatoms. The van der Waals surface area contributed by atoms with Crippen molar-refractivity contribution in [1.29, 1.82) is 0 Å². The molecular weight excluding hydrogens is 522 g/mol. The topological polar surface area (TPSA) is 89.4 Å². The lowest BCUT2D eigenvalue weighted by Gasteiger charge is -2.13. The van der Waals surface area contributed by atoms with Crippen molar-refractivity contribution < 1.29 is 17.9 Å². The van der Waals surface area contributed by atoms with E-state index in [0.29, 0.717) is 47.7 Å². The Kier molecular flexibility index (Phi) is 8.38. The van der Waals surface area contributed by atoms with E-state index in [9.17, 15) is 13.2 Å². The number of hydrogen-bond donors (Lipinski definition) is 2. The molecule has 4 aromatic carbocycles. The predicted molar refractivity (Wildman–Crippen MR) is 162 cm³/mol. The van der Waals surface area contributed by atoms with Crippen LogP contribution in [0.2, 0.25) is 0 Å². The highest BCUT2D eigenvalue weighted by molar-refractivity contribution is 7.89. The Hall–Kier alpha value is -3.88. The average Bonchev–Trinajstić information content (AvgIpc) is 3.28. The highest BCUT2D eigenvalue weighted by Crippen LogP contribution is 2.34. The van der Waals surface area contributed by atoms with Crippen molar-refractivity contribution in [1.82, 2.24) is 14.6 Å². The summed E-state index contributed by atoms with van der Waals surface area (Å²) in [5.74, 6) is 0.406. The summed E-state index contributed by atoms with van der Waals surface area (Å²) >= 11 is 0. The lowest BCUT2D eigenvalue weighted by Crippen LogP contribution is -2.26. The maximum atomic E-state index is 13.2. The fourth-order valence-corrected chi connectivity index (χ4v) is 6.61. The number of benzene rings is 4. The molecule has 1 aromatic heterocycles. The lowest BCUT2D eigenvalue weighted by atomic mass is 10.1. The molecule has 0 fully saturated rings. The molecule has 0 spiro atoms. The van der Waals surface area contributed by atoms with Gasteiger partial charge in [-0.15, -0.1) is 0 Å². The quantitative estimate of drug-likeness (QED) is 0.178. The van der Waals surface area contributed by atoms with E-state index in [-0.39, 0.29) is 5.91 Å². The molecule has 0 radical (unpaired) electrons. The number of ether oxygens (including phenoxy) is 1. The number of para-hydroxylation sites is 1. The van der Waals surface area contributed by atoms with Crippen molar-refractivity contribution in [3.63, 3.8) is 0 Å². The highest BCUT2D eigenvalue weighted by Gasteiger charge is 2.19. The van der Waals surface area contributed by atoms with Crippen LogP contribution in [0.5, 0.6) is 5.75 Å². The largest absolute Gasteiger partial charge is 0.493 e. The van der Waals surface area contributed by atoms with Gasteiger partial charge in [-0.3, -0.25) is 4.79 Å². The first-order chi connectivity index (χ1) is 19.4. The van der Waals surface area contributed by atoms with E-state index in [0.717, 1.165) is 46.6 Å². The van der Waals surface area contributed by atoms with Gasteiger partial charge in [-0.2, -0.15) is 0 Å². The number of aryl methyl sites for hydroxylation is 1. The monoisotopic (exact) mass is 557 g/mol. The molecule has 0 atom stereocenters. The summed E-state index contributed by atoms with van der Waals surface area (Å²) in [5.41, 5.74) is 2.71. The van der Waals surface area contributed by atoms with Crippen molar-refractivity contribution >= 4 is 48.5 Å². The van der Waals surface area contributed by atoms with E-state index in [4.69, 9.17) is 4.74 Å². The number of nitrogens with zero attached hydrogens (tertiary/aromatic N) is 1. The number of rotatable bonds is 12. The molecule has 5 rings (SSSR count). The lowest BCUT2D eigenvalue weighted by molar-refractivity contribution is 0.0949. The Labute approximate surface area is 235 Å². The standard InChI is InChI=1S/C32H35N3O4S/c1-3-35-28-17-9-8-16-25(28)26-21-27(30(39-4-2)22-29(26)35)32(36)33-19-10-5-11-20-34-40(37,38)31-18-12-14-23-13-6-7-15-24(23)31/h6-9,12-18,21-22,34H,3-5,10-11,19-20H2,1-2H3,(H,33,36). The molecule has 2 N–H and O–H groups in total. The molecule has 0 unspecified atom stereocenters. The van der Waals surface area contributed by atoms with E-state index >= 15 is 0 Å². The van der Waals surface area contributed by atoms with Gasteiger partial charge in [0.15, 0.2) is 0 Å². The van der Waals surface area contributed by atoms with Crippen LogP contribution < -0.4 is 14.8 Å². The summed E-state index contributed by atoms with van der Waals surface area (Å²) < 4.78 is 36.6. The molecule has 0 aliphatic heterocycles. The van der Waals surface area contributed by atoms with E-state index in [2.05, 4.69) is 33.7 Å². The third-order valence-electron chi connectivity index (χ3n) is 7.20. The number of aromatic nitrogens is 1. The molecule has 1 amide bonds. The van der Waals surface area contributed by atoms with Gasteiger partial charge in [-0.25, -0.2) is 13.1 Å². The van der Waals surface area contributed by atoms with Crippen molar-refractivity contribution in [3.8, 4) is 5.75 Å². The van der Waals surface area contributed by atoms with Gasteiger partial charge in [0.05, 0.1) is 22.6 Å². The van der Waals surface area contributed by atoms with Crippen LogP contribution in [0.25, 0.3) is 32.6 Å². The van der Waals surface area contributed by atoms with Crippen molar-refractivity contribution in [3.05, 3.63) is 84.4 Å². The van der Waals surface area contributed by atoms with E-state index in [1.54, 1.807) is 12.1 Å². The number of carbonyl (C=O) groups excluding carboxylic acids is 1.